The van der Waals surface area contributed by atoms with E-state index < -0.39 is 0 Å². The second kappa shape index (κ2) is 6.07. The first kappa shape index (κ1) is 14.9. The van der Waals surface area contributed by atoms with E-state index in [1.54, 1.807) is 6.07 Å². The van der Waals surface area contributed by atoms with Crippen molar-refractivity contribution in [1.29, 1.82) is 0 Å². The lowest BCUT2D eigenvalue weighted by molar-refractivity contribution is 0.174. The quantitative estimate of drug-likeness (QED) is 0.905. The number of aryl methyl sites for hydroxylation is 1. The van der Waals surface area contributed by atoms with Crippen LogP contribution in [0.5, 0.6) is 11.5 Å². The van der Waals surface area contributed by atoms with Crippen LogP contribution in [0.3, 0.4) is 0 Å². The maximum atomic E-state index is 12.8. The molecular formula is C19H20N2O3. The highest BCUT2D eigenvalue weighted by Crippen LogP contribution is 2.36. The van der Waals surface area contributed by atoms with Crippen LogP contribution in [-0.4, -0.2) is 24.3 Å². The lowest BCUT2D eigenvalue weighted by atomic mass is 9.99. The number of anilines is 1. The molecule has 0 bridgehead atoms. The summed E-state index contributed by atoms with van der Waals surface area (Å²) in [6, 6.07) is 13.8. The number of carbonyl (C=O) groups is 1. The monoisotopic (exact) mass is 324 g/mol. The SMILES string of the molecule is Cc1ccccc1[C@H]1CCCN1C(=O)Nc1ccc2c(c1)OCO2. The van der Waals surface area contributed by atoms with Crippen molar-refractivity contribution < 1.29 is 14.3 Å². The summed E-state index contributed by atoms with van der Waals surface area (Å²) in [5.74, 6) is 1.39. The number of nitrogens with one attached hydrogen (secondary N) is 1. The minimum Gasteiger partial charge on any atom is -0.454 e. The minimum atomic E-state index is -0.0698. The van der Waals surface area contributed by atoms with Gasteiger partial charge in [-0.25, -0.2) is 4.79 Å². The molecule has 0 unspecified atom stereocenters. The third kappa shape index (κ3) is 2.66. The van der Waals surface area contributed by atoms with Gasteiger partial charge in [0.15, 0.2) is 11.5 Å². The summed E-state index contributed by atoms with van der Waals surface area (Å²) in [6.45, 7) is 3.10. The summed E-state index contributed by atoms with van der Waals surface area (Å²) in [7, 11) is 0. The van der Waals surface area contributed by atoms with Crippen molar-refractivity contribution >= 4 is 11.7 Å². The van der Waals surface area contributed by atoms with Gasteiger partial charge in [-0.05, 0) is 43.0 Å². The summed E-state index contributed by atoms with van der Waals surface area (Å²) in [6.07, 6.45) is 2.02. The third-order valence-corrected chi connectivity index (χ3v) is 4.68. The van der Waals surface area contributed by atoms with E-state index in [1.165, 1.54) is 11.1 Å². The fraction of sp³-hybridized carbons (Fsp3) is 0.316. The Kier molecular flexibility index (Phi) is 3.76. The number of ether oxygens (including phenoxy) is 2. The van der Waals surface area contributed by atoms with E-state index in [1.807, 2.05) is 29.2 Å². The van der Waals surface area contributed by atoms with Crippen LogP contribution in [0, 0.1) is 6.92 Å². The van der Waals surface area contributed by atoms with Crippen LogP contribution in [0.2, 0.25) is 0 Å². The van der Waals surface area contributed by atoms with Crippen molar-refractivity contribution in [2.75, 3.05) is 18.7 Å². The van der Waals surface area contributed by atoms with Crippen molar-refractivity contribution in [2.24, 2.45) is 0 Å². The zero-order valence-electron chi connectivity index (χ0n) is 13.6. The molecule has 2 aliphatic rings. The van der Waals surface area contributed by atoms with Crippen LogP contribution >= 0.6 is 0 Å². The predicted molar refractivity (Wildman–Crippen MR) is 91.4 cm³/mol. The van der Waals surface area contributed by atoms with Gasteiger partial charge in [0.25, 0.3) is 0 Å². The van der Waals surface area contributed by atoms with Gasteiger partial charge in [0.1, 0.15) is 0 Å². The maximum Gasteiger partial charge on any atom is 0.322 e. The number of hydrogen-bond acceptors (Lipinski definition) is 3. The lowest BCUT2D eigenvalue weighted by Crippen LogP contribution is -2.34. The molecule has 0 saturated carbocycles. The normalized spacial score (nSPS) is 18.7. The van der Waals surface area contributed by atoms with Crippen molar-refractivity contribution in [1.82, 2.24) is 4.90 Å². The summed E-state index contributed by atoms with van der Waals surface area (Å²) in [4.78, 5) is 14.7. The second-order valence-corrected chi connectivity index (χ2v) is 6.21. The number of amides is 2. The molecule has 1 N–H and O–H groups in total. The molecule has 0 spiro atoms. The second-order valence-electron chi connectivity index (χ2n) is 6.21. The van der Waals surface area contributed by atoms with Gasteiger partial charge in [0.2, 0.25) is 6.79 Å². The first-order valence-electron chi connectivity index (χ1n) is 8.25. The molecule has 24 heavy (non-hydrogen) atoms. The highest BCUT2D eigenvalue weighted by Gasteiger charge is 2.31. The van der Waals surface area contributed by atoms with E-state index in [4.69, 9.17) is 9.47 Å². The smallest absolute Gasteiger partial charge is 0.322 e. The summed E-state index contributed by atoms with van der Waals surface area (Å²) in [5, 5.41) is 2.98. The highest BCUT2D eigenvalue weighted by molar-refractivity contribution is 5.90. The molecule has 2 aliphatic heterocycles. The molecule has 2 heterocycles. The van der Waals surface area contributed by atoms with E-state index >= 15 is 0 Å². The van der Waals surface area contributed by atoms with Gasteiger partial charge in [0.05, 0.1) is 6.04 Å². The largest absolute Gasteiger partial charge is 0.454 e. The Bertz CT molecular complexity index is 775. The Morgan fingerprint density at radius 2 is 2.00 bits per heavy atom. The predicted octanol–water partition coefficient (Wildman–Crippen LogP) is 4.09. The Labute approximate surface area is 141 Å². The molecule has 2 aromatic rings. The Morgan fingerprint density at radius 3 is 2.88 bits per heavy atom. The summed E-state index contributed by atoms with van der Waals surface area (Å²) >= 11 is 0. The average Bonchev–Trinajstić information content (AvgIpc) is 3.24. The van der Waals surface area contributed by atoms with Crippen LogP contribution in [0.4, 0.5) is 10.5 Å². The van der Waals surface area contributed by atoms with E-state index in [-0.39, 0.29) is 18.9 Å². The first-order chi connectivity index (χ1) is 11.7. The van der Waals surface area contributed by atoms with Crippen LogP contribution in [0.25, 0.3) is 0 Å². The van der Waals surface area contributed by atoms with Gasteiger partial charge in [-0.1, -0.05) is 24.3 Å². The molecule has 4 rings (SSSR count). The van der Waals surface area contributed by atoms with Gasteiger partial charge in [-0.2, -0.15) is 0 Å². The fourth-order valence-electron chi connectivity index (χ4n) is 3.46. The Morgan fingerprint density at radius 1 is 1.17 bits per heavy atom. The first-order valence-corrected chi connectivity index (χ1v) is 8.25. The van der Waals surface area contributed by atoms with Crippen LogP contribution in [-0.2, 0) is 0 Å². The molecule has 5 heteroatoms. The van der Waals surface area contributed by atoms with Gasteiger partial charge < -0.3 is 19.7 Å². The average molecular weight is 324 g/mol. The molecule has 1 atom stereocenters. The molecule has 124 valence electrons. The Balaban J connectivity index is 1.52. The van der Waals surface area contributed by atoms with Crippen molar-refractivity contribution in [3.63, 3.8) is 0 Å². The van der Waals surface area contributed by atoms with Gasteiger partial charge >= 0.3 is 6.03 Å². The Hall–Kier alpha value is -2.69. The fourth-order valence-corrected chi connectivity index (χ4v) is 3.46. The van der Waals surface area contributed by atoms with E-state index in [0.717, 1.165) is 25.1 Å². The van der Waals surface area contributed by atoms with Crippen LogP contribution in [0.15, 0.2) is 42.5 Å². The highest BCUT2D eigenvalue weighted by atomic mass is 16.7. The number of benzene rings is 2. The maximum absolute atomic E-state index is 12.8. The zero-order chi connectivity index (χ0) is 16.5. The van der Waals surface area contributed by atoms with Crippen LogP contribution < -0.4 is 14.8 Å². The third-order valence-electron chi connectivity index (χ3n) is 4.68. The summed E-state index contributed by atoms with van der Waals surface area (Å²) in [5.41, 5.74) is 3.18. The van der Waals surface area contributed by atoms with Gasteiger partial charge in [-0.15, -0.1) is 0 Å². The molecule has 5 nitrogen and oxygen atoms in total. The van der Waals surface area contributed by atoms with Crippen LogP contribution in [0.1, 0.15) is 30.0 Å². The van der Waals surface area contributed by atoms with Gasteiger partial charge in [0, 0.05) is 18.3 Å². The standard InChI is InChI=1S/C19H20N2O3/c1-13-5-2-3-6-15(13)16-7-4-10-21(16)19(22)20-14-8-9-17-18(11-14)24-12-23-17/h2-3,5-6,8-9,11,16H,4,7,10,12H2,1H3,(H,20,22)/t16-/m1/s1. The minimum absolute atomic E-state index is 0.0698. The summed E-state index contributed by atoms with van der Waals surface area (Å²) < 4.78 is 10.7. The number of fused-ring (bicyclic) bond motifs is 1. The number of urea groups is 1. The molecule has 0 radical (unpaired) electrons. The van der Waals surface area contributed by atoms with Crippen molar-refractivity contribution in [3.8, 4) is 11.5 Å². The number of hydrogen-bond donors (Lipinski definition) is 1. The number of likely N-dealkylation sites (tertiary alicyclic amines) is 1. The molecule has 2 amide bonds. The number of carbonyl (C=O) groups excluding carboxylic acids is 1. The lowest BCUT2D eigenvalue weighted by Gasteiger charge is -2.26. The van der Waals surface area contributed by atoms with Gasteiger partial charge in [-0.3, -0.25) is 0 Å². The van der Waals surface area contributed by atoms with Crippen molar-refractivity contribution in [3.05, 3.63) is 53.6 Å². The van der Waals surface area contributed by atoms with E-state index in [0.29, 0.717) is 11.5 Å². The van der Waals surface area contributed by atoms with Crippen molar-refractivity contribution in [2.45, 2.75) is 25.8 Å². The molecule has 0 aromatic heterocycles. The molecule has 1 fully saturated rings. The van der Waals surface area contributed by atoms with E-state index in [2.05, 4.69) is 24.4 Å². The molecular weight excluding hydrogens is 304 g/mol. The topological polar surface area (TPSA) is 50.8 Å². The van der Waals surface area contributed by atoms with E-state index in [9.17, 15) is 4.79 Å². The zero-order valence-corrected chi connectivity index (χ0v) is 13.6. The molecule has 1 saturated heterocycles. The number of rotatable bonds is 2. The molecule has 0 aliphatic carbocycles. The number of nitrogens with zero attached hydrogens (tertiary/aromatic N) is 1. The molecule has 2 aromatic carbocycles.